The van der Waals surface area contributed by atoms with Gasteiger partial charge in [-0.1, -0.05) is 43.3 Å². The number of nitrogens with one attached hydrogen (secondary N) is 3. The van der Waals surface area contributed by atoms with Gasteiger partial charge in [-0.2, -0.15) is 4.72 Å². The van der Waals surface area contributed by atoms with E-state index in [0.717, 1.165) is 12.1 Å². The van der Waals surface area contributed by atoms with Crippen LogP contribution in [0.1, 0.15) is 34.6 Å². The molecule has 3 N–H and O–H groups in total. The fourth-order valence-electron chi connectivity index (χ4n) is 3.23. The van der Waals surface area contributed by atoms with Gasteiger partial charge >= 0.3 is 0 Å². The fourth-order valence-corrected chi connectivity index (χ4v) is 4.54. The molecule has 1 aliphatic rings. The summed E-state index contributed by atoms with van der Waals surface area (Å²) in [6, 6.07) is 21.3. The highest BCUT2D eigenvalue weighted by molar-refractivity contribution is 7.89. The van der Waals surface area contributed by atoms with Gasteiger partial charge in [0.1, 0.15) is 11.1 Å². The molecule has 3 aromatic carbocycles. The zero-order chi connectivity index (χ0) is 20.4. The molecule has 1 amide bonds. The van der Waals surface area contributed by atoms with Crippen LogP contribution in [0.4, 0.5) is 11.4 Å². The molecule has 0 unspecified atom stereocenters. The molecule has 1 aliphatic heterocycles. The minimum atomic E-state index is -3.60. The van der Waals surface area contributed by atoms with Gasteiger partial charge in [-0.25, -0.2) is 8.42 Å². The lowest BCUT2D eigenvalue weighted by molar-refractivity contribution is 0.102. The van der Waals surface area contributed by atoms with Crippen molar-refractivity contribution in [1.29, 1.82) is 0 Å². The van der Waals surface area contributed by atoms with E-state index in [0.29, 0.717) is 16.8 Å². The van der Waals surface area contributed by atoms with Crippen molar-refractivity contribution >= 4 is 27.3 Å². The maximum Gasteiger partial charge on any atom is 0.255 e. The topological polar surface area (TPSA) is 87.3 Å². The van der Waals surface area contributed by atoms with Crippen molar-refractivity contribution in [3.63, 3.8) is 0 Å². The van der Waals surface area contributed by atoms with E-state index in [1.165, 1.54) is 5.56 Å². The summed E-state index contributed by atoms with van der Waals surface area (Å²) in [7, 11) is -3.60. The fraction of sp³-hybridized carbons (Fsp3) is 0.136. The van der Waals surface area contributed by atoms with Gasteiger partial charge in [-0.15, -0.1) is 0 Å². The van der Waals surface area contributed by atoms with Crippen LogP contribution in [0.3, 0.4) is 0 Å². The second-order valence-corrected chi connectivity index (χ2v) is 8.50. The summed E-state index contributed by atoms with van der Waals surface area (Å²) in [4.78, 5) is 12.7. The molecule has 29 heavy (non-hydrogen) atoms. The van der Waals surface area contributed by atoms with Crippen LogP contribution in [-0.2, 0) is 16.4 Å². The van der Waals surface area contributed by atoms with Crippen LogP contribution >= 0.6 is 0 Å². The van der Waals surface area contributed by atoms with E-state index in [4.69, 9.17) is 0 Å². The van der Waals surface area contributed by atoms with E-state index in [2.05, 4.69) is 22.3 Å². The second kappa shape index (κ2) is 7.69. The standard InChI is InChI=1S/C22H21N3O3S/c1-2-15-7-13-18(14-8-15)23-22(26)17-11-9-16(10-12-17)21-24-19-5-3-4-6-20(19)29(27,28)25-21/h3-14,21,24-25H,2H2,1H3,(H,23,26)/t21-/m0/s1. The third-order valence-corrected chi connectivity index (χ3v) is 6.36. The van der Waals surface area contributed by atoms with Crippen molar-refractivity contribution in [2.24, 2.45) is 0 Å². The quantitative estimate of drug-likeness (QED) is 0.612. The molecule has 0 aromatic heterocycles. The molecule has 4 rings (SSSR count). The molecule has 0 bridgehead atoms. The van der Waals surface area contributed by atoms with Crippen LogP contribution in [0.2, 0.25) is 0 Å². The average Bonchev–Trinajstić information content (AvgIpc) is 2.74. The molecular formula is C22H21N3O3S. The largest absolute Gasteiger partial charge is 0.364 e. The highest BCUT2D eigenvalue weighted by Crippen LogP contribution is 2.30. The number of hydrogen-bond acceptors (Lipinski definition) is 4. The number of benzene rings is 3. The zero-order valence-corrected chi connectivity index (χ0v) is 16.7. The van der Waals surface area contributed by atoms with Crippen molar-refractivity contribution in [3.8, 4) is 0 Å². The summed E-state index contributed by atoms with van der Waals surface area (Å²) in [5.74, 6) is -0.219. The van der Waals surface area contributed by atoms with Gasteiger partial charge < -0.3 is 10.6 Å². The summed E-state index contributed by atoms with van der Waals surface area (Å²) in [5, 5.41) is 6.05. The van der Waals surface area contributed by atoms with Crippen LogP contribution in [0, 0.1) is 0 Å². The first-order valence-corrected chi connectivity index (χ1v) is 10.8. The number of rotatable bonds is 4. The van der Waals surface area contributed by atoms with E-state index in [9.17, 15) is 13.2 Å². The maximum atomic E-state index is 12.5. The Hall–Kier alpha value is -3.16. The second-order valence-electron chi connectivity index (χ2n) is 6.82. The molecule has 0 radical (unpaired) electrons. The molecule has 0 fully saturated rings. The van der Waals surface area contributed by atoms with Crippen LogP contribution in [0.15, 0.2) is 77.7 Å². The smallest absolute Gasteiger partial charge is 0.255 e. The van der Waals surface area contributed by atoms with Crippen LogP contribution in [-0.4, -0.2) is 14.3 Å². The number of carbonyl (C=O) groups is 1. The van der Waals surface area contributed by atoms with E-state index in [1.807, 2.05) is 24.3 Å². The third kappa shape index (κ3) is 4.01. The van der Waals surface area contributed by atoms with Gasteiger partial charge in [0.2, 0.25) is 10.0 Å². The summed E-state index contributed by atoms with van der Waals surface area (Å²) >= 11 is 0. The van der Waals surface area contributed by atoms with Gasteiger partial charge in [0, 0.05) is 11.3 Å². The Bertz CT molecular complexity index is 1140. The Morgan fingerprint density at radius 1 is 0.966 bits per heavy atom. The number of sulfonamides is 1. The van der Waals surface area contributed by atoms with Gasteiger partial charge in [0.05, 0.1) is 5.69 Å². The number of carbonyl (C=O) groups excluding carboxylic acids is 1. The Labute approximate surface area is 170 Å². The van der Waals surface area contributed by atoms with Gasteiger partial charge in [-0.3, -0.25) is 4.79 Å². The lowest BCUT2D eigenvalue weighted by Gasteiger charge is -2.28. The van der Waals surface area contributed by atoms with Crippen LogP contribution in [0.25, 0.3) is 0 Å². The summed E-state index contributed by atoms with van der Waals surface area (Å²) in [6.07, 6.45) is 0.340. The van der Waals surface area contributed by atoms with Crippen molar-refractivity contribution in [3.05, 3.63) is 89.5 Å². The first-order valence-electron chi connectivity index (χ1n) is 9.34. The molecule has 3 aromatic rings. The normalized spacial score (nSPS) is 17.1. The van der Waals surface area contributed by atoms with Crippen molar-refractivity contribution < 1.29 is 13.2 Å². The number of aryl methyl sites for hydroxylation is 1. The third-order valence-electron chi connectivity index (χ3n) is 4.88. The molecule has 1 heterocycles. The maximum absolute atomic E-state index is 12.5. The number of hydrogen-bond donors (Lipinski definition) is 3. The first kappa shape index (κ1) is 19.2. The predicted octanol–water partition coefficient (Wildman–Crippen LogP) is 3.90. The summed E-state index contributed by atoms with van der Waals surface area (Å²) < 4.78 is 27.6. The Morgan fingerprint density at radius 2 is 1.66 bits per heavy atom. The van der Waals surface area contributed by atoms with Gasteiger partial charge in [-0.05, 0) is 53.9 Å². The van der Waals surface area contributed by atoms with E-state index >= 15 is 0 Å². The minimum Gasteiger partial charge on any atom is -0.364 e. The Morgan fingerprint density at radius 3 is 2.34 bits per heavy atom. The summed E-state index contributed by atoms with van der Waals surface area (Å²) in [5.41, 5.74) is 3.69. The van der Waals surface area contributed by atoms with E-state index in [-0.39, 0.29) is 10.8 Å². The molecule has 0 spiro atoms. The SMILES string of the molecule is CCc1ccc(NC(=O)c2ccc([C@H]3Nc4ccccc4S(=O)(=O)N3)cc2)cc1. The highest BCUT2D eigenvalue weighted by Gasteiger charge is 2.29. The predicted molar refractivity (Wildman–Crippen MR) is 113 cm³/mol. The van der Waals surface area contributed by atoms with Gasteiger partial charge in [0.15, 0.2) is 0 Å². The molecule has 148 valence electrons. The zero-order valence-electron chi connectivity index (χ0n) is 15.8. The summed E-state index contributed by atoms with van der Waals surface area (Å²) in [6.45, 7) is 2.08. The van der Waals surface area contributed by atoms with Crippen molar-refractivity contribution in [2.45, 2.75) is 24.4 Å². The number of fused-ring (bicyclic) bond motifs is 1. The van der Waals surface area contributed by atoms with E-state index in [1.54, 1.807) is 48.5 Å². The minimum absolute atomic E-state index is 0.219. The number of anilines is 2. The average molecular weight is 407 g/mol. The van der Waals surface area contributed by atoms with Crippen molar-refractivity contribution in [1.82, 2.24) is 4.72 Å². The lowest BCUT2D eigenvalue weighted by Crippen LogP contribution is -2.38. The van der Waals surface area contributed by atoms with E-state index < -0.39 is 16.2 Å². The lowest BCUT2D eigenvalue weighted by atomic mass is 10.1. The molecule has 7 heteroatoms. The van der Waals surface area contributed by atoms with Crippen molar-refractivity contribution in [2.75, 3.05) is 10.6 Å². The van der Waals surface area contributed by atoms with Crippen LogP contribution < -0.4 is 15.4 Å². The molecule has 0 saturated heterocycles. The molecule has 0 aliphatic carbocycles. The molecule has 0 saturated carbocycles. The molecular weight excluding hydrogens is 386 g/mol. The Kier molecular flexibility index (Phi) is 5.08. The highest BCUT2D eigenvalue weighted by atomic mass is 32.2. The monoisotopic (exact) mass is 407 g/mol. The first-order chi connectivity index (χ1) is 14.0. The molecule has 6 nitrogen and oxygen atoms in total. The van der Waals surface area contributed by atoms with Gasteiger partial charge in [0.25, 0.3) is 5.91 Å². The Balaban J connectivity index is 1.50. The molecule has 1 atom stereocenters. The number of amides is 1. The van der Waals surface area contributed by atoms with Crippen LogP contribution in [0.5, 0.6) is 0 Å². The number of para-hydroxylation sites is 1.